The molecule has 4 aromatic rings. The summed E-state index contributed by atoms with van der Waals surface area (Å²) in [6.45, 7) is 0. The lowest BCUT2D eigenvalue weighted by molar-refractivity contribution is 0.214. The summed E-state index contributed by atoms with van der Waals surface area (Å²) in [5.41, 5.74) is 1.39. The van der Waals surface area contributed by atoms with E-state index in [1.165, 1.54) is 3.97 Å². The molecular weight excluding hydrogens is 374 g/mol. The van der Waals surface area contributed by atoms with Crippen LogP contribution in [0.4, 0.5) is 0 Å². The normalized spacial score (nSPS) is 12.8. The van der Waals surface area contributed by atoms with Crippen molar-refractivity contribution in [1.82, 2.24) is 3.97 Å². The lowest BCUT2D eigenvalue weighted by Gasteiger charge is -2.16. The maximum Gasteiger partial charge on any atom is 0.268 e. The molecule has 1 aromatic heterocycles. The lowest BCUT2D eigenvalue weighted by atomic mass is 10.1. The Balaban J connectivity index is 1.93. The molecule has 5 nitrogen and oxygen atoms in total. The summed E-state index contributed by atoms with van der Waals surface area (Å²) in [5, 5.41) is 11.8. The van der Waals surface area contributed by atoms with E-state index in [0.29, 0.717) is 16.8 Å². The fourth-order valence-electron chi connectivity index (χ4n) is 3.26. The summed E-state index contributed by atoms with van der Waals surface area (Å²) in [4.78, 5) is 0.166. The average molecular weight is 393 g/mol. The number of aromatic nitrogens is 1. The van der Waals surface area contributed by atoms with Crippen molar-refractivity contribution in [2.24, 2.45) is 0 Å². The van der Waals surface area contributed by atoms with Crippen LogP contribution in [-0.2, 0) is 10.0 Å². The minimum atomic E-state index is -3.89. The molecule has 1 atom stereocenters. The first-order valence-electron chi connectivity index (χ1n) is 8.75. The first-order chi connectivity index (χ1) is 13.5. The van der Waals surface area contributed by atoms with Gasteiger partial charge >= 0.3 is 0 Å². The zero-order chi connectivity index (χ0) is 19.7. The molecule has 0 saturated carbocycles. The topological polar surface area (TPSA) is 68.5 Å². The summed E-state index contributed by atoms with van der Waals surface area (Å²) in [5.74, 6) is 0.661. The number of nitrogens with zero attached hydrogens (tertiary/aromatic N) is 1. The molecule has 0 aliphatic carbocycles. The summed E-state index contributed by atoms with van der Waals surface area (Å²) in [7, 11) is -2.32. The summed E-state index contributed by atoms with van der Waals surface area (Å²) in [6, 6.07) is 24.0. The van der Waals surface area contributed by atoms with Gasteiger partial charge in [-0.2, -0.15) is 0 Å². The molecule has 0 aliphatic rings. The molecule has 0 radical (unpaired) electrons. The van der Waals surface area contributed by atoms with Crippen molar-refractivity contribution in [2.75, 3.05) is 7.11 Å². The quantitative estimate of drug-likeness (QED) is 0.557. The van der Waals surface area contributed by atoms with E-state index >= 15 is 0 Å². The van der Waals surface area contributed by atoms with Gasteiger partial charge < -0.3 is 9.84 Å². The Kier molecular flexibility index (Phi) is 4.66. The number of methoxy groups -OCH3 is 1. The standard InChI is InChI=1S/C22H19NO4S/c1-27-18-13-11-16(12-14-18)22(24)21-15-17-7-5-6-10-20(17)23(21)28(25,26)19-8-3-2-4-9-19/h2-15,22,24H,1H3/t22-/m0/s1. The predicted octanol–water partition coefficient (Wildman–Crippen LogP) is 3.97. The third-order valence-electron chi connectivity index (χ3n) is 4.69. The van der Waals surface area contributed by atoms with Gasteiger partial charge in [0.05, 0.1) is 23.2 Å². The highest BCUT2D eigenvalue weighted by atomic mass is 32.2. The number of aliphatic hydroxyl groups is 1. The molecule has 0 saturated heterocycles. The zero-order valence-corrected chi connectivity index (χ0v) is 16.0. The molecule has 4 rings (SSSR count). The highest BCUT2D eigenvalue weighted by molar-refractivity contribution is 7.90. The van der Waals surface area contributed by atoms with E-state index in [9.17, 15) is 13.5 Å². The predicted molar refractivity (Wildman–Crippen MR) is 108 cm³/mol. The van der Waals surface area contributed by atoms with Gasteiger partial charge in [-0.25, -0.2) is 12.4 Å². The molecule has 0 amide bonds. The number of hydrogen-bond acceptors (Lipinski definition) is 4. The van der Waals surface area contributed by atoms with Crippen LogP contribution in [0.1, 0.15) is 17.4 Å². The third kappa shape index (κ3) is 3.06. The van der Waals surface area contributed by atoms with Crippen LogP contribution in [0.5, 0.6) is 5.75 Å². The average Bonchev–Trinajstić information content (AvgIpc) is 3.14. The smallest absolute Gasteiger partial charge is 0.268 e. The number of para-hydroxylation sites is 1. The van der Waals surface area contributed by atoms with Crippen molar-refractivity contribution < 1.29 is 18.3 Å². The largest absolute Gasteiger partial charge is 0.497 e. The van der Waals surface area contributed by atoms with Crippen LogP contribution in [0.3, 0.4) is 0 Å². The van der Waals surface area contributed by atoms with Crippen LogP contribution in [0.25, 0.3) is 10.9 Å². The Labute approximate surface area is 163 Å². The van der Waals surface area contributed by atoms with E-state index in [1.807, 2.05) is 12.1 Å². The number of benzene rings is 3. The minimum Gasteiger partial charge on any atom is -0.497 e. The Hall–Kier alpha value is -3.09. The molecule has 0 aliphatic heterocycles. The minimum absolute atomic E-state index is 0.166. The van der Waals surface area contributed by atoms with Crippen molar-refractivity contribution in [3.8, 4) is 5.75 Å². The van der Waals surface area contributed by atoms with Crippen LogP contribution in [0.2, 0.25) is 0 Å². The van der Waals surface area contributed by atoms with Crippen molar-refractivity contribution in [3.63, 3.8) is 0 Å². The van der Waals surface area contributed by atoms with Gasteiger partial charge in [-0.05, 0) is 42.0 Å². The van der Waals surface area contributed by atoms with E-state index in [1.54, 1.807) is 79.9 Å². The van der Waals surface area contributed by atoms with Gasteiger partial charge in [-0.3, -0.25) is 0 Å². The van der Waals surface area contributed by atoms with Gasteiger partial charge in [0.2, 0.25) is 0 Å². The third-order valence-corrected chi connectivity index (χ3v) is 6.44. The molecule has 28 heavy (non-hydrogen) atoms. The molecular formula is C22H19NO4S. The number of ether oxygens (including phenoxy) is 1. The molecule has 142 valence electrons. The van der Waals surface area contributed by atoms with Crippen LogP contribution < -0.4 is 4.74 Å². The second-order valence-electron chi connectivity index (χ2n) is 6.39. The number of rotatable bonds is 5. The van der Waals surface area contributed by atoms with E-state index in [4.69, 9.17) is 4.74 Å². The van der Waals surface area contributed by atoms with E-state index in [0.717, 1.165) is 5.39 Å². The van der Waals surface area contributed by atoms with Gasteiger partial charge in [0, 0.05) is 5.39 Å². The van der Waals surface area contributed by atoms with Gasteiger partial charge in [0.15, 0.2) is 0 Å². The molecule has 0 spiro atoms. The number of fused-ring (bicyclic) bond motifs is 1. The fraction of sp³-hybridized carbons (Fsp3) is 0.0909. The first-order valence-corrected chi connectivity index (χ1v) is 10.2. The molecule has 0 fully saturated rings. The Morgan fingerprint density at radius 1 is 0.893 bits per heavy atom. The van der Waals surface area contributed by atoms with Gasteiger partial charge in [0.25, 0.3) is 10.0 Å². The van der Waals surface area contributed by atoms with Gasteiger partial charge in [-0.15, -0.1) is 0 Å². The first kappa shape index (κ1) is 18.3. The monoisotopic (exact) mass is 393 g/mol. The second-order valence-corrected chi connectivity index (χ2v) is 8.17. The second kappa shape index (κ2) is 7.14. The molecule has 3 aromatic carbocycles. The summed E-state index contributed by atoms with van der Waals surface area (Å²) < 4.78 is 33.2. The van der Waals surface area contributed by atoms with E-state index < -0.39 is 16.1 Å². The highest BCUT2D eigenvalue weighted by Gasteiger charge is 2.27. The summed E-state index contributed by atoms with van der Waals surface area (Å²) >= 11 is 0. The van der Waals surface area contributed by atoms with Crippen LogP contribution in [0.15, 0.2) is 89.8 Å². The van der Waals surface area contributed by atoms with Crippen LogP contribution >= 0.6 is 0 Å². The van der Waals surface area contributed by atoms with E-state index in [-0.39, 0.29) is 10.6 Å². The van der Waals surface area contributed by atoms with Crippen LogP contribution in [0, 0.1) is 0 Å². The van der Waals surface area contributed by atoms with Crippen molar-refractivity contribution >= 4 is 20.9 Å². The van der Waals surface area contributed by atoms with Crippen molar-refractivity contribution in [3.05, 3.63) is 96.2 Å². The lowest BCUT2D eigenvalue weighted by Crippen LogP contribution is -2.18. The SMILES string of the molecule is COc1ccc([C@H](O)c2cc3ccccc3n2S(=O)(=O)c2ccccc2)cc1. The van der Waals surface area contributed by atoms with Crippen LogP contribution in [-0.4, -0.2) is 24.6 Å². The Morgan fingerprint density at radius 3 is 2.21 bits per heavy atom. The maximum absolute atomic E-state index is 13.4. The fourth-order valence-corrected chi connectivity index (χ4v) is 4.83. The van der Waals surface area contributed by atoms with Gasteiger partial charge in [-0.1, -0.05) is 48.5 Å². The Morgan fingerprint density at radius 2 is 1.54 bits per heavy atom. The number of hydrogen-bond donors (Lipinski definition) is 1. The molecule has 1 N–H and O–H groups in total. The summed E-state index contributed by atoms with van der Waals surface area (Å²) in [6.07, 6.45) is -1.11. The zero-order valence-electron chi connectivity index (χ0n) is 15.2. The highest BCUT2D eigenvalue weighted by Crippen LogP contribution is 2.32. The van der Waals surface area contributed by atoms with E-state index in [2.05, 4.69) is 0 Å². The van der Waals surface area contributed by atoms with Crippen molar-refractivity contribution in [1.29, 1.82) is 0 Å². The molecule has 0 unspecified atom stereocenters. The number of aliphatic hydroxyl groups excluding tert-OH is 1. The molecule has 0 bridgehead atoms. The Bertz CT molecular complexity index is 1210. The van der Waals surface area contributed by atoms with Crippen molar-refractivity contribution in [2.45, 2.75) is 11.0 Å². The molecule has 1 heterocycles. The van der Waals surface area contributed by atoms with Gasteiger partial charge in [0.1, 0.15) is 11.9 Å². The maximum atomic E-state index is 13.4. The molecule has 6 heteroatoms.